The van der Waals surface area contributed by atoms with E-state index < -0.39 is 0 Å². The zero-order chi connectivity index (χ0) is 20.3. The Balaban J connectivity index is 1.31. The van der Waals surface area contributed by atoms with Crippen molar-refractivity contribution in [2.24, 2.45) is 5.92 Å². The smallest absolute Gasteiger partial charge is 0.227 e. The third-order valence-corrected chi connectivity index (χ3v) is 5.57. The molecule has 0 fully saturated rings. The number of amides is 1. The highest BCUT2D eigenvalue weighted by atomic mass is 16.1. The van der Waals surface area contributed by atoms with Crippen LogP contribution in [0.2, 0.25) is 0 Å². The van der Waals surface area contributed by atoms with Gasteiger partial charge in [0.25, 0.3) is 0 Å². The van der Waals surface area contributed by atoms with E-state index in [1.807, 2.05) is 48.7 Å². The first kappa shape index (κ1) is 18.3. The first-order chi connectivity index (χ1) is 14.8. The van der Waals surface area contributed by atoms with E-state index >= 15 is 0 Å². The molecule has 0 unspecified atom stereocenters. The van der Waals surface area contributed by atoms with Crippen LogP contribution in [0.4, 0.5) is 5.69 Å². The van der Waals surface area contributed by atoms with Crippen LogP contribution >= 0.6 is 0 Å². The second-order valence-electron chi connectivity index (χ2n) is 7.52. The van der Waals surface area contributed by atoms with Crippen molar-refractivity contribution in [2.45, 2.75) is 25.9 Å². The number of hydrogen-bond donors (Lipinski definition) is 1. The third-order valence-electron chi connectivity index (χ3n) is 5.57. The van der Waals surface area contributed by atoms with E-state index in [-0.39, 0.29) is 11.8 Å². The van der Waals surface area contributed by atoms with E-state index in [2.05, 4.69) is 37.1 Å². The van der Waals surface area contributed by atoms with Crippen molar-refractivity contribution in [3.8, 4) is 11.4 Å². The first-order valence-corrected chi connectivity index (χ1v) is 10.1. The van der Waals surface area contributed by atoms with E-state index in [0.29, 0.717) is 13.0 Å². The molecule has 1 amide bonds. The Kier molecular flexibility index (Phi) is 4.85. The molecule has 7 heteroatoms. The van der Waals surface area contributed by atoms with E-state index in [0.717, 1.165) is 41.3 Å². The molecule has 1 aliphatic heterocycles. The fourth-order valence-corrected chi connectivity index (χ4v) is 4.01. The predicted octanol–water partition coefficient (Wildman–Crippen LogP) is 3.39. The molecule has 150 valence electrons. The standard InChI is InChI=1S/C23H22N6O/c30-23(27-21-9-5-4-8-19(21)14-28-16-24-15-26-28)18-10-11-29-20(12-18)13-25-22(29)17-6-2-1-3-7-17/h1-9,13,15-16,18H,10-12,14H2,(H,27,30)/t18-/m1/s1. The number of aromatic nitrogens is 5. The third kappa shape index (κ3) is 3.61. The molecule has 0 spiro atoms. The summed E-state index contributed by atoms with van der Waals surface area (Å²) in [7, 11) is 0. The molecule has 0 bridgehead atoms. The minimum atomic E-state index is -0.0720. The van der Waals surface area contributed by atoms with Crippen LogP contribution in [-0.2, 0) is 24.3 Å². The number of imidazole rings is 1. The Hall–Kier alpha value is -3.74. The molecule has 0 radical (unpaired) electrons. The summed E-state index contributed by atoms with van der Waals surface area (Å²) in [5, 5.41) is 7.29. The van der Waals surface area contributed by atoms with E-state index in [9.17, 15) is 4.79 Å². The van der Waals surface area contributed by atoms with Gasteiger partial charge in [-0.1, -0.05) is 48.5 Å². The largest absolute Gasteiger partial charge is 0.328 e. The van der Waals surface area contributed by atoms with Gasteiger partial charge in [0, 0.05) is 42.0 Å². The van der Waals surface area contributed by atoms with Crippen LogP contribution in [0, 0.1) is 5.92 Å². The van der Waals surface area contributed by atoms with Crippen LogP contribution in [0.5, 0.6) is 0 Å². The number of fused-ring (bicyclic) bond motifs is 1. The Labute approximate surface area is 174 Å². The lowest BCUT2D eigenvalue weighted by atomic mass is 9.95. The number of anilines is 1. The minimum Gasteiger partial charge on any atom is -0.328 e. The fraction of sp³-hybridized carbons (Fsp3) is 0.217. The zero-order valence-electron chi connectivity index (χ0n) is 16.5. The first-order valence-electron chi connectivity index (χ1n) is 10.1. The van der Waals surface area contributed by atoms with Gasteiger partial charge in [-0.2, -0.15) is 5.10 Å². The van der Waals surface area contributed by atoms with Gasteiger partial charge >= 0.3 is 0 Å². The number of hydrogen-bond acceptors (Lipinski definition) is 4. The number of carbonyl (C=O) groups is 1. The Bertz CT molecular complexity index is 1150. The van der Waals surface area contributed by atoms with Crippen molar-refractivity contribution < 1.29 is 4.79 Å². The molecule has 7 nitrogen and oxygen atoms in total. The van der Waals surface area contributed by atoms with E-state index in [1.54, 1.807) is 11.0 Å². The van der Waals surface area contributed by atoms with Gasteiger partial charge in [-0.05, 0) is 18.1 Å². The maximum atomic E-state index is 13.0. The van der Waals surface area contributed by atoms with E-state index in [1.165, 1.54) is 6.33 Å². The highest BCUT2D eigenvalue weighted by Gasteiger charge is 2.27. The van der Waals surface area contributed by atoms with Gasteiger partial charge in [-0.15, -0.1) is 0 Å². The van der Waals surface area contributed by atoms with Crippen LogP contribution in [0.3, 0.4) is 0 Å². The molecule has 1 atom stereocenters. The van der Waals surface area contributed by atoms with Crippen molar-refractivity contribution in [1.82, 2.24) is 24.3 Å². The number of rotatable bonds is 5. The lowest BCUT2D eigenvalue weighted by Gasteiger charge is -2.25. The number of nitrogens with zero attached hydrogens (tertiary/aromatic N) is 5. The van der Waals surface area contributed by atoms with Crippen molar-refractivity contribution in [3.05, 3.63) is 84.7 Å². The quantitative estimate of drug-likeness (QED) is 0.559. The second-order valence-corrected chi connectivity index (χ2v) is 7.52. The molecule has 3 heterocycles. The number of benzene rings is 2. The summed E-state index contributed by atoms with van der Waals surface area (Å²) in [4.78, 5) is 21.6. The lowest BCUT2D eigenvalue weighted by Crippen LogP contribution is -2.30. The van der Waals surface area contributed by atoms with Gasteiger partial charge < -0.3 is 9.88 Å². The van der Waals surface area contributed by atoms with Crippen molar-refractivity contribution in [2.75, 3.05) is 5.32 Å². The molecule has 0 aliphatic carbocycles. The summed E-state index contributed by atoms with van der Waals surface area (Å²) < 4.78 is 3.98. The number of para-hydroxylation sites is 1. The normalized spacial score (nSPS) is 15.5. The topological polar surface area (TPSA) is 77.6 Å². The molecule has 0 saturated carbocycles. The lowest BCUT2D eigenvalue weighted by molar-refractivity contribution is -0.120. The van der Waals surface area contributed by atoms with Crippen LogP contribution < -0.4 is 5.32 Å². The van der Waals surface area contributed by atoms with Crippen LogP contribution in [0.15, 0.2) is 73.4 Å². The van der Waals surface area contributed by atoms with Crippen molar-refractivity contribution >= 4 is 11.6 Å². The fourth-order valence-electron chi connectivity index (χ4n) is 4.01. The molecule has 1 N–H and O–H groups in total. The van der Waals surface area contributed by atoms with Gasteiger partial charge in [0.15, 0.2) is 0 Å². The molecule has 1 aliphatic rings. The predicted molar refractivity (Wildman–Crippen MR) is 114 cm³/mol. The summed E-state index contributed by atoms with van der Waals surface area (Å²) in [6.07, 6.45) is 6.57. The van der Waals surface area contributed by atoms with Crippen molar-refractivity contribution in [1.29, 1.82) is 0 Å². The molecular formula is C23H22N6O. The molecule has 2 aromatic carbocycles. The van der Waals surface area contributed by atoms with Crippen LogP contribution in [0.25, 0.3) is 11.4 Å². The average Bonchev–Trinajstić information content (AvgIpc) is 3.45. The summed E-state index contributed by atoms with van der Waals surface area (Å²) in [6, 6.07) is 18.0. The van der Waals surface area contributed by atoms with Gasteiger partial charge in [0.05, 0.1) is 6.54 Å². The molecule has 2 aromatic heterocycles. The maximum absolute atomic E-state index is 13.0. The van der Waals surface area contributed by atoms with Crippen LogP contribution in [-0.4, -0.2) is 30.2 Å². The average molecular weight is 398 g/mol. The molecule has 5 rings (SSSR count). The maximum Gasteiger partial charge on any atom is 0.227 e. The number of carbonyl (C=O) groups excluding carboxylic acids is 1. The van der Waals surface area contributed by atoms with Gasteiger partial charge in [-0.25, -0.2) is 14.6 Å². The summed E-state index contributed by atoms with van der Waals surface area (Å²) in [5.74, 6) is 0.953. The number of nitrogens with one attached hydrogen (secondary N) is 1. The summed E-state index contributed by atoms with van der Waals surface area (Å²) >= 11 is 0. The SMILES string of the molecule is O=C(Nc1ccccc1Cn1cncn1)[C@@H]1CCn2c(cnc2-c2ccccc2)C1. The highest BCUT2D eigenvalue weighted by Crippen LogP contribution is 2.28. The zero-order valence-corrected chi connectivity index (χ0v) is 16.5. The molecule has 4 aromatic rings. The monoisotopic (exact) mass is 398 g/mol. The van der Waals surface area contributed by atoms with Gasteiger partial charge in [0.1, 0.15) is 18.5 Å². The Morgan fingerprint density at radius 2 is 1.93 bits per heavy atom. The summed E-state index contributed by atoms with van der Waals surface area (Å²) in [6.45, 7) is 1.35. The molecule has 30 heavy (non-hydrogen) atoms. The van der Waals surface area contributed by atoms with E-state index in [4.69, 9.17) is 0 Å². The summed E-state index contributed by atoms with van der Waals surface area (Å²) in [5.41, 5.74) is 4.04. The Morgan fingerprint density at radius 1 is 1.10 bits per heavy atom. The molecule has 0 saturated heterocycles. The highest BCUT2D eigenvalue weighted by molar-refractivity contribution is 5.93. The van der Waals surface area contributed by atoms with Gasteiger partial charge in [0.2, 0.25) is 5.91 Å². The van der Waals surface area contributed by atoms with Crippen molar-refractivity contribution in [3.63, 3.8) is 0 Å². The minimum absolute atomic E-state index is 0.0507. The Morgan fingerprint density at radius 3 is 2.77 bits per heavy atom. The molecular weight excluding hydrogens is 376 g/mol. The van der Waals surface area contributed by atoms with Gasteiger partial charge in [-0.3, -0.25) is 4.79 Å². The van der Waals surface area contributed by atoms with Crippen LogP contribution in [0.1, 0.15) is 17.7 Å². The second kappa shape index (κ2) is 7.94.